The summed E-state index contributed by atoms with van der Waals surface area (Å²) in [7, 11) is 2.07. The van der Waals surface area contributed by atoms with Crippen LogP contribution in [0.2, 0.25) is 0 Å². The smallest absolute Gasteiger partial charge is 0.251 e. The van der Waals surface area contributed by atoms with Crippen molar-refractivity contribution in [1.29, 1.82) is 0 Å². The number of likely N-dealkylation sites (N-methyl/N-ethyl adjacent to an activating group) is 1. The van der Waals surface area contributed by atoms with Gasteiger partial charge in [-0.2, -0.15) is 0 Å². The van der Waals surface area contributed by atoms with Gasteiger partial charge >= 0.3 is 0 Å². The second kappa shape index (κ2) is 3.50. The fourth-order valence-corrected chi connectivity index (χ4v) is 2.66. The number of nitrogens with zero attached hydrogens (tertiary/aromatic N) is 2. The lowest BCUT2D eigenvalue weighted by Gasteiger charge is -2.23. The first-order valence-corrected chi connectivity index (χ1v) is 4.87. The third kappa shape index (κ3) is 1.83. The van der Waals surface area contributed by atoms with Crippen LogP contribution in [0.5, 0.6) is 0 Å². The number of hydrogen-bond acceptors (Lipinski definition) is 2. The van der Waals surface area contributed by atoms with Crippen molar-refractivity contribution in [2.24, 2.45) is 5.92 Å². The second-order valence-electron chi connectivity index (χ2n) is 4.22. The van der Waals surface area contributed by atoms with Crippen molar-refractivity contribution in [3.05, 3.63) is 0 Å². The molecule has 0 aromatic rings. The summed E-state index contributed by atoms with van der Waals surface area (Å²) in [4.78, 5) is 4.20. The predicted molar refractivity (Wildman–Crippen MR) is 47.0 cm³/mol. The van der Waals surface area contributed by atoms with Crippen LogP contribution in [0.4, 0.5) is 8.78 Å². The lowest BCUT2D eigenvalue weighted by molar-refractivity contribution is 0.0802. The number of hydrogen-bond donors (Lipinski definition) is 0. The fraction of sp³-hybridized carbons (Fsp3) is 1.00. The molecule has 0 aromatic heterocycles. The second-order valence-corrected chi connectivity index (χ2v) is 4.22. The molecule has 2 aliphatic rings. The summed E-state index contributed by atoms with van der Waals surface area (Å²) < 4.78 is 24.4. The molecule has 2 saturated heterocycles. The van der Waals surface area contributed by atoms with E-state index in [1.165, 1.54) is 0 Å². The highest BCUT2D eigenvalue weighted by atomic mass is 19.3. The Morgan fingerprint density at radius 1 is 1.38 bits per heavy atom. The number of rotatable bonds is 2. The van der Waals surface area contributed by atoms with Gasteiger partial charge < -0.3 is 4.90 Å². The predicted octanol–water partition coefficient (Wildman–Crippen LogP) is 0.887. The zero-order valence-corrected chi connectivity index (χ0v) is 7.92. The Balaban J connectivity index is 1.93. The lowest BCUT2D eigenvalue weighted by atomic mass is 10.1. The average Bonchev–Trinajstić information content (AvgIpc) is 2.51. The van der Waals surface area contributed by atoms with Gasteiger partial charge in [-0.3, -0.25) is 4.90 Å². The highest BCUT2D eigenvalue weighted by Crippen LogP contribution is 2.30. The first-order chi connectivity index (χ1) is 6.16. The van der Waals surface area contributed by atoms with E-state index in [1.54, 1.807) is 0 Å². The molecule has 0 radical (unpaired) electrons. The topological polar surface area (TPSA) is 6.48 Å². The minimum Gasteiger partial charge on any atom is -0.304 e. The molecule has 2 aliphatic heterocycles. The van der Waals surface area contributed by atoms with Gasteiger partial charge in [0.2, 0.25) is 0 Å². The molecule has 2 unspecified atom stereocenters. The first-order valence-electron chi connectivity index (χ1n) is 4.87. The Morgan fingerprint density at radius 2 is 2.15 bits per heavy atom. The Kier molecular flexibility index (Phi) is 2.51. The highest BCUT2D eigenvalue weighted by Gasteiger charge is 2.40. The standard InChI is InChI=1S/C9H16F2N2/c1-12-4-7-2-3-13(6-9(10)11)8(7)5-12/h7-9H,2-6H2,1H3. The third-order valence-corrected chi connectivity index (χ3v) is 3.22. The van der Waals surface area contributed by atoms with E-state index in [0.29, 0.717) is 12.0 Å². The molecule has 76 valence electrons. The summed E-state index contributed by atoms with van der Waals surface area (Å²) in [6.45, 7) is 2.89. The van der Waals surface area contributed by atoms with E-state index in [9.17, 15) is 8.78 Å². The number of alkyl halides is 2. The van der Waals surface area contributed by atoms with Gasteiger partial charge in [0.1, 0.15) is 0 Å². The molecule has 2 heterocycles. The monoisotopic (exact) mass is 190 g/mol. The van der Waals surface area contributed by atoms with E-state index in [0.717, 1.165) is 26.1 Å². The van der Waals surface area contributed by atoms with E-state index in [-0.39, 0.29) is 6.54 Å². The molecule has 0 aromatic carbocycles. The molecule has 0 amide bonds. The Hall–Kier alpha value is -0.220. The molecular weight excluding hydrogens is 174 g/mol. The summed E-state index contributed by atoms with van der Waals surface area (Å²) in [5.41, 5.74) is 0. The maximum absolute atomic E-state index is 12.2. The van der Waals surface area contributed by atoms with Gasteiger partial charge in [0.25, 0.3) is 6.43 Å². The van der Waals surface area contributed by atoms with Crippen LogP contribution in [0, 0.1) is 5.92 Å². The van der Waals surface area contributed by atoms with Crippen molar-refractivity contribution >= 4 is 0 Å². The Morgan fingerprint density at radius 3 is 2.85 bits per heavy atom. The molecular formula is C9H16F2N2. The largest absolute Gasteiger partial charge is 0.304 e. The molecule has 2 rings (SSSR count). The van der Waals surface area contributed by atoms with Crippen LogP contribution in [-0.2, 0) is 0 Å². The molecule has 13 heavy (non-hydrogen) atoms. The van der Waals surface area contributed by atoms with Crippen LogP contribution in [0.1, 0.15) is 6.42 Å². The van der Waals surface area contributed by atoms with Gasteiger partial charge in [-0.05, 0) is 25.9 Å². The minimum atomic E-state index is -2.18. The maximum Gasteiger partial charge on any atom is 0.251 e. The van der Waals surface area contributed by atoms with Crippen molar-refractivity contribution in [2.45, 2.75) is 18.9 Å². The molecule has 4 heteroatoms. The average molecular weight is 190 g/mol. The lowest BCUT2D eigenvalue weighted by Crippen LogP contribution is -2.37. The molecule has 0 bridgehead atoms. The van der Waals surface area contributed by atoms with Gasteiger partial charge in [-0.1, -0.05) is 0 Å². The van der Waals surface area contributed by atoms with Gasteiger partial charge in [-0.15, -0.1) is 0 Å². The normalized spacial score (nSPS) is 36.0. The first kappa shape index (κ1) is 9.34. The van der Waals surface area contributed by atoms with E-state index in [1.807, 2.05) is 4.90 Å². The molecule has 2 atom stereocenters. The van der Waals surface area contributed by atoms with Crippen LogP contribution >= 0.6 is 0 Å². The van der Waals surface area contributed by atoms with Gasteiger partial charge in [-0.25, -0.2) is 8.78 Å². The van der Waals surface area contributed by atoms with Crippen molar-refractivity contribution in [3.63, 3.8) is 0 Å². The van der Waals surface area contributed by atoms with Crippen LogP contribution < -0.4 is 0 Å². The summed E-state index contributed by atoms with van der Waals surface area (Å²) in [6.07, 6.45) is -1.08. The zero-order chi connectivity index (χ0) is 9.42. The Bertz CT molecular complexity index is 186. The van der Waals surface area contributed by atoms with E-state index in [2.05, 4.69) is 11.9 Å². The Labute approximate surface area is 77.5 Å². The quantitative estimate of drug-likeness (QED) is 0.638. The summed E-state index contributed by atoms with van der Waals surface area (Å²) in [5.74, 6) is 0.642. The number of likely N-dealkylation sites (tertiary alicyclic amines) is 2. The van der Waals surface area contributed by atoms with Crippen molar-refractivity contribution in [1.82, 2.24) is 9.80 Å². The summed E-state index contributed by atoms with van der Waals surface area (Å²) in [6, 6.07) is 0.402. The van der Waals surface area contributed by atoms with Gasteiger partial charge in [0, 0.05) is 19.1 Å². The SMILES string of the molecule is CN1CC2CCN(CC(F)F)C2C1. The van der Waals surface area contributed by atoms with Crippen LogP contribution in [0.3, 0.4) is 0 Å². The molecule has 0 aliphatic carbocycles. The van der Waals surface area contributed by atoms with Crippen molar-refractivity contribution in [3.8, 4) is 0 Å². The minimum absolute atomic E-state index is 0.0327. The summed E-state index contributed by atoms with van der Waals surface area (Å²) in [5, 5.41) is 0. The van der Waals surface area contributed by atoms with E-state index >= 15 is 0 Å². The van der Waals surface area contributed by atoms with Crippen molar-refractivity contribution < 1.29 is 8.78 Å². The van der Waals surface area contributed by atoms with Crippen molar-refractivity contribution in [2.75, 3.05) is 33.2 Å². The van der Waals surface area contributed by atoms with Crippen LogP contribution in [-0.4, -0.2) is 55.5 Å². The number of halogens is 2. The molecule has 0 N–H and O–H groups in total. The van der Waals surface area contributed by atoms with Gasteiger partial charge in [0.15, 0.2) is 0 Å². The molecule has 0 saturated carbocycles. The zero-order valence-electron chi connectivity index (χ0n) is 7.92. The molecule has 0 spiro atoms. The summed E-state index contributed by atoms with van der Waals surface area (Å²) >= 11 is 0. The van der Waals surface area contributed by atoms with E-state index < -0.39 is 6.43 Å². The van der Waals surface area contributed by atoms with Crippen LogP contribution in [0.25, 0.3) is 0 Å². The van der Waals surface area contributed by atoms with Crippen LogP contribution in [0.15, 0.2) is 0 Å². The van der Waals surface area contributed by atoms with Gasteiger partial charge in [0.05, 0.1) is 6.54 Å². The maximum atomic E-state index is 12.2. The molecule has 2 nitrogen and oxygen atoms in total. The fourth-order valence-electron chi connectivity index (χ4n) is 2.66. The van der Waals surface area contributed by atoms with E-state index in [4.69, 9.17) is 0 Å². The molecule has 2 fully saturated rings. The highest BCUT2D eigenvalue weighted by molar-refractivity contribution is 4.95. The third-order valence-electron chi connectivity index (χ3n) is 3.22. The number of fused-ring (bicyclic) bond motifs is 1.